The Morgan fingerprint density at radius 2 is 1.96 bits per heavy atom. The van der Waals surface area contributed by atoms with Crippen molar-refractivity contribution in [2.75, 3.05) is 13.1 Å². The summed E-state index contributed by atoms with van der Waals surface area (Å²) in [6.45, 7) is 5.88. The maximum absolute atomic E-state index is 12.7. The molecule has 1 aromatic rings. The molecule has 2 aliphatic heterocycles. The molecule has 3 N–H and O–H groups in total. The Labute approximate surface area is 156 Å². The number of carbonyl (C=O) groups is 3. The molecular formula is C17H25N5O5. The first-order valence-corrected chi connectivity index (χ1v) is 8.94. The molecule has 0 bridgehead atoms. The molecule has 1 unspecified atom stereocenters. The molecule has 0 spiro atoms. The molecule has 3 amide bonds. The molecule has 1 saturated heterocycles. The second-order valence-corrected chi connectivity index (χ2v) is 7.64. The van der Waals surface area contributed by atoms with Gasteiger partial charge in [0.15, 0.2) is 0 Å². The second-order valence-electron chi connectivity index (χ2n) is 7.64. The molecule has 2 aliphatic rings. The van der Waals surface area contributed by atoms with Crippen molar-refractivity contribution in [1.29, 1.82) is 0 Å². The largest absolute Gasteiger partial charge is 0.465 e. The van der Waals surface area contributed by atoms with E-state index in [-0.39, 0.29) is 12.1 Å². The summed E-state index contributed by atoms with van der Waals surface area (Å²) in [6.07, 6.45) is 1.54. The van der Waals surface area contributed by atoms with Gasteiger partial charge in [0.1, 0.15) is 11.9 Å². The number of likely N-dealkylation sites (tertiary alicyclic amines) is 1. The Hall–Kier alpha value is -2.62. The Kier molecular flexibility index (Phi) is 4.85. The van der Waals surface area contributed by atoms with Gasteiger partial charge in [-0.15, -0.1) is 0 Å². The zero-order valence-corrected chi connectivity index (χ0v) is 15.7. The third-order valence-electron chi connectivity index (χ3n) is 5.22. The molecule has 10 nitrogen and oxygen atoms in total. The van der Waals surface area contributed by atoms with Gasteiger partial charge in [-0.3, -0.25) is 9.36 Å². The molecule has 1 aromatic heterocycles. The van der Waals surface area contributed by atoms with Crippen LogP contribution in [0.4, 0.5) is 9.59 Å². The third-order valence-corrected chi connectivity index (χ3v) is 5.22. The van der Waals surface area contributed by atoms with E-state index < -0.39 is 23.6 Å². The van der Waals surface area contributed by atoms with Gasteiger partial charge in [0, 0.05) is 19.1 Å². The van der Waals surface area contributed by atoms with E-state index in [1.165, 1.54) is 13.8 Å². The zero-order valence-electron chi connectivity index (χ0n) is 15.7. The van der Waals surface area contributed by atoms with Crippen molar-refractivity contribution >= 4 is 18.0 Å². The van der Waals surface area contributed by atoms with Gasteiger partial charge in [-0.25, -0.2) is 14.6 Å². The third kappa shape index (κ3) is 3.61. The number of fused-ring (bicyclic) bond motifs is 1. The minimum absolute atomic E-state index is 0.00821. The standard InChI is InChI=1S/C17H25N5O5/c1-10-18-8-12-9-21(16(26)22(10)12)11-4-6-20(7-5-11)14(23)13(17(2,3)27)19-15(24)25/h8,11,13,19,27H,4-7,9H2,1-3H3,(H,24,25). The fourth-order valence-corrected chi connectivity index (χ4v) is 3.76. The molecule has 0 aliphatic carbocycles. The van der Waals surface area contributed by atoms with E-state index in [9.17, 15) is 19.5 Å². The molecule has 27 heavy (non-hydrogen) atoms. The van der Waals surface area contributed by atoms with Crippen molar-refractivity contribution in [1.82, 2.24) is 24.7 Å². The topological polar surface area (TPSA) is 128 Å². The van der Waals surface area contributed by atoms with Gasteiger partial charge in [-0.2, -0.15) is 0 Å². The van der Waals surface area contributed by atoms with Crippen molar-refractivity contribution < 1.29 is 24.6 Å². The minimum Gasteiger partial charge on any atom is -0.465 e. The molecule has 0 radical (unpaired) electrons. The zero-order chi connectivity index (χ0) is 19.9. The molecule has 0 saturated carbocycles. The number of nitrogens with zero attached hydrogens (tertiary/aromatic N) is 4. The summed E-state index contributed by atoms with van der Waals surface area (Å²) in [5, 5.41) is 21.2. The fourth-order valence-electron chi connectivity index (χ4n) is 3.76. The fraction of sp³-hybridized carbons (Fsp3) is 0.647. The number of amides is 3. The first kappa shape index (κ1) is 19.2. The van der Waals surface area contributed by atoms with Crippen molar-refractivity contribution in [2.24, 2.45) is 0 Å². The summed E-state index contributed by atoms with van der Waals surface area (Å²) >= 11 is 0. The number of hydrogen-bond acceptors (Lipinski definition) is 5. The molecule has 3 rings (SSSR count). The predicted molar refractivity (Wildman–Crippen MR) is 94.1 cm³/mol. The number of aliphatic hydroxyl groups is 1. The monoisotopic (exact) mass is 379 g/mol. The molecular weight excluding hydrogens is 354 g/mol. The molecule has 0 aromatic carbocycles. The van der Waals surface area contributed by atoms with Crippen LogP contribution in [-0.2, 0) is 11.3 Å². The SMILES string of the molecule is Cc1ncc2n1C(=O)N(C1CCN(C(=O)C(NC(=O)O)C(C)(C)O)CC1)C2. The van der Waals surface area contributed by atoms with Crippen molar-refractivity contribution in [3.05, 3.63) is 17.7 Å². The van der Waals surface area contributed by atoms with Crippen LogP contribution in [0.25, 0.3) is 0 Å². The average molecular weight is 379 g/mol. The Morgan fingerprint density at radius 3 is 2.48 bits per heavy atom. The van der Waals surface area contributed by atoms with Crippen LogP contribution in [0.1, 0.15) is 38.2 Å². The van der Waals surface area contributed by atoms with E-state index in [0.29, 0.717) is 38.3 Å². The van der Waals surface area contributed by atoms with Gasteiger partial charge >= 0.3 is 12.1 Å². The highest BCUT2D eigenvalue weighted by molar-refractivity contribution is 5.86. The minimum atomic E-state index is -1.52. The van der Waals surface area contributed by atoms with Crippen LogP contribution < -0.4 is 5.32 Å². The molecule has 1 fully saturated rings. The highest BCUT2D eigenvalue weighted by atomic mass is 16.4. The van der Waals surface area contributed by atoms with E-state index in [1.807, 2.05) is 0 Å². The summed E-state index contributed by atoms with van der Waals surface area (Å²) in [4.78, 5) is 43.8. The van der Waals surface area contributed by atoms with Crippen molar-refractivity contribution in [3.8, 4) is 0 Å². The highest BCUT2D eigenvalue weighted by Crippen LogP contribution is 2.26. The van der Waals surface area contributed by atoms with Gasteiger partial charge in [-0.05, 0) is 33.6 Å². The van der Waals surface area contributed by atoms with Crippen LogP contribution >= 0.6 is 0 Å². The quantitative estimate of drug-likeness (QED) is 0.694. The van der Waals surface area contributed by atoms with Crippen molar-refractivity contribution in [2.45, 2.75) is 57.8 Å². The first-order chi connectivity index (χ1) is 12.6. The molecule has 148 valence electrons. The number of imidazole rings is 1. The number of rotatable bonds is 4. The Bertz CT molecular complexity index is 760. The van der Waals surface area contributed by atoms with Gasteiger partial charge in [-0.1, -0.05) is 0 Å². The van der Waals surface area contributed by atoms with E-state index in [1.54, 1.807) is 27.5 Å². The lowest BCUT2D eigenvalue weighted by molar-refractivity contribution is -0.140. The lowest BCUT2D eigenvalue weighted by Crippen LogP contribution is -2.60. The van der Waals surface area contributed by atoms with Crippen LogP contribution in [0, 0.1) is 6.92 Å². The number of aromatic nitrogens is 2. The lowest BCUT2D eigenvalue weighted by Gasteiger charge is -2.39. The lowest BCUT2D eigenvalue weighted by atomic mass is 9.95. The van der Waals surface area contributed by atoms with Gasteiger partial charge in [0.2, 0.25) is 5.91 Å². The van der Waals surface area contributed by atoms with Crippen LogP contribution in [0.15, 0.2) is 6.20 Å². The number of hydrogen-bond donors (Lipinski definition) is 3. The van der Waals surface area contributed by atoms with Crippen LogP contribution in [0.3, 0.4) is 0 Å². The summed E-state index contributed by atoms with van der Waals surface area (Å²) in [5.41, 5.74) is -0.658. The number of aryl methyl sites for hydroxylation is 1. The van der Waals surface area contributed by atoms with E-state index >= 15 is 0 Å². The normalized spacial score (nSPS) is 19.2. The smallest absolute Gasteiger partial charge is 0.405 e. The van der Waals surface area contributed by atoms with Crippen LogP contribution in [-0.4, -0.2) is 78.4 Å². The maximum atomic E-state index is 12.7. The molecule has 1 atom stereocenters. The Morgan fingerprint density at radius 1 is 1.33 bits per heavy atom. The van der Waals surface area contributed by atoms with Crippen LogP contribution in [0.2, 0.25) is 0 Å². The summed E-state index contributed by atoms with van der Waals surface area (Å²) in [5.74, 6) is 0.209. The number of carbonyl (C=O) groups excluding carboxylic acids is 2. The number of carboxylic acid groups (broad SMARTS) is 1. The summed E-state index contributed by atoms with van der Waals surface area (Å²) < 4.78 is 1.61. The van der Waals surface area contributed by atoms with E-state index in [4.69, 9.17) is 5.11 Å². The maximum Gasteiger partial charge on any atom is 0.405 e. The molecule has 10 heteroatoms. The first-order valence-electron chi connectivity index (χ1n) is 8.94. The van der Waals surface area contributed by atoms with E-state index in [0.717, 1.165) is 5.69 Å². The summed E-state index contributed by atoms with van der Waals surface area (Å²) in [7, 11) is 0. The number of piperidine rings is 1. The Balaban J connectivity index is 1.63. The second kappa shape index (κ2) is 6.84. The van der Waals surface area contributed by atoms with Gasteiger partial charge in [0.25, 0.3) is 0 Å². The summed E-state index contributed by atoms with van der Waals surface area (Å²) in [6, 6.07) is -1.32. The van der Waals surface area contributed by atoms with Gasteiger partial charge < -0.3 is 25.3 Å². The average Bonchev–Trinajstić information content (AvgIpc) is 3.12. The predicted octanol–water partition coefficient (Wildman–Crippen LogP) is 0.373. The molecule has 3 heterocycles. The van der Waals surface area contributed by atoms with Gasteiger partial charge in [0.05, 0.1) is 24.0 Å². The van der Waals surface area contributed by atoms with E-state index in [2.05, 4.69) is 10.3 Å². The highest BCUT2D eigenvalue weighted by Gasteiger charge is 2.40. The van der Waals surface area contributed by atoms with Crippen molar-refractivity contribution in [3.63, 3.8) is 0 Å². The van der Waals surface area contributed by atoms with Crippen LogP contribution in [0.5, 0.6) is 0 Å². The number of nitrogens with one attached hydrogen (secondary N) is 1.